The van der Waals surface area contributed by atoms with Crippen molar-refractivity contribution in [2.24, 2.45) is 10.9 Å². The van der Waals surface area contributed by atoms with Gasteiger partial charge in [0.2, 0.25) is 0 Å². The summed E-state index contributed by atoms with van der Waals surface area (Å²) < 4.78 is 0. The molecule has 0 bridgehead atoms. The molecule has 1 saturated heterocycles. The van der Waals surface area contributed by atoms with Crippen LogP contribution in [0.15, 0.2) is 17.6 Å². The molecule has 0 aromatic rings. The molecule has 5 heteroatoms. The Hall–Kier alpha value is -0.300. The topological polar surface area (TPSA) is 30.9 Å². The second kappa shape index (κ2) is 13.2. The van der Waals surface area contributed by atoms with Crippen LogP contribution < -0.4 is 5.32 Å². The van der Waals surface area contributed by atoms with Crippen molar-refractivity contribution in [3.63, 3.8) is 0 Å². The van der Waals surface area contributed by atoms with E-state index in [2.05, 4.69) is 42.6 Å². The van der Waals surface area contributed by atoms with Gasteiger partial charge in [-0.1, -0.05) is 13.0 Å². The highest BCUT2D eigenvalue weighted by Crippen LogP contribution is 2.14. The number of guanidine groups is 1. The van der Waals surface area contributed by atoms with Crippen molar-refractivity contribution in [2.75, 3.05) is 46.3 Å². The zero-order valence-electron chi connectivity index (χ0n) is 14.7. The molecular weight excluding hydrogens is 387 g/mol. The standard InChI is InChI=1S/C17H34N4.HI/c1-5-7-8-12-20(4)17(18-6-2)19-11-14-21-13-9-10-16(3)15-21;/h5,16H,1,6-15H2,2-4H3,(H,18,19);1H. The highest BCUT2D eigenvalue weighted by Gasteiger charge is 2.15. The van der Waals surface area contributed by atoms with Gasteiger partial charge in [-0.25, -0.2) is 0 Å². The van der Waals surface area contributed by atoms with Crippen LogP contribution in [-0.4, -0.2) is 62.1 Å². The number of piperidine rings is 1. The van der Waals surface area contributed by atoms with Crippen LogP contribution in [0, 0.1) is 5.92 Å². The number of nitrogens with zero attached hydrogens (tertiary/aromatic N) is 3. The van der Waals surface area contributed by atoms with E-state index in [1.54, 1.807) is 0 Å². The van der Waals surface area contributed by atoms with Gasteiger partial charge in [-0.05, 0) is 45.1 Å². The van der Waals surface area contributed by atoms with Crippen molar-refractivity contribution in [1.82, 2.24) is 15.1 Å². The minimum Gasteiger partial charge on any atom is -0.357 e. The number of likely N-dealkylation sites (tertiary alicyclic amines) is 1. The van der Waals surface area contributed by atoms with Crippen LogP contribution in [0.3, 0.4) is 0 Å². The number of unbranched alkanes of at least 4 members (excludes halogenated alkanes) is 1. The van der Waals surface area contributed by atoms with Crippen molar-refractivity contribution in [1.29, 1.82) is 0 Å². The highest BCUT2D eigenvalue weighted by molar-refractivity contribution is 14.0. The van der Waals surface area contributed by atoms with E-state index in [1.165, 1.54) is 25.9 Å². The molecule has 1 N–H and O–H groups in total. The van der Waals surface area contributed by atoms with Crippen LogP contribution in [0.2, 0.25) is 0 Å². The maximum absolute atomic E-state index is 4.78. The van der Waals surface area contributed by atoms with Crippen LogP contribution in [0.1, 0.15) is 39.5 Å². The van der Waals surface area contributed by atoms with Gasteiger partial charge in [0.15, 0.2) is 5.96 Å². The zero-order chi connectivity index (χ0) is 15.5. The maximum Gasteiger partial charge on any atom is 0.193 e. The Labute approximate surface area is 154 Å². The number of rotatable bonds is 8. The first-order valence-corrected chi connectivity index (χ1v) is 8.50. The summed E-state index contributed by atoms with van der Waals surface area (Å²) in [6, 6.07) is 0. The molecule has 0 aromatic heterocycles. The number of halogens is 1. The van der Waals surface area contributed by atoms with E-state index in [1.807, 2.05) is 6.08 Å². The molecule has 1 fully saturated rings. The highest BCUT2D eigenvalue weighted by atomic mass is 127. The van der Waals surface area contributed by atoms with Gasteiger partial charge in [0.05, 0.1) is 6.54 Å². The third-order valence-corrected chi connectivity index (χ3v) is 4.02. The Morgan fingerprint density at radius 2 is 2.27 bits per heavy atom. The van der Waals surface area contributed by atoms with E-state index in [0.29, 0.717) is 0 Å². The summed E-state index contributed by atoms with van der Waals surface area (Å²) in [7, 11) is 2.12. The monoisotopic (exact) mass is 422 g/mol. The van der Waals surface area contributed by atoms with E-state index in [-0.39, 0.29) is 24.0 Å². The molecule has 1 unspecified atom stereocenters. The van der Waals surface area contributed by atoms with Crippen LogP contribution >= 0.6 is 24.0 Å². The van der Waals surface area contributed by atoms with E-state index in [4.69, 9.17) is 4.99 Å². The first-order chi connectivity index (χ1) is 10.2. The molecule has 0 spiro atoms. The Morgan fingerprint density at radius 3 is 2.91 bits per heavy atom. The van der Waals surface area contributed by atoms with Crippen LogP contribution in [0.5, 0.6) is 0 Å². The number of hydrogen-bond donors (Lipinski definition) is 1. The molecule has 0 aliphatic carbocycles. The van der Waals surface area contributed by atoms with E-state index in [9.17, 15) is 0 Å². The number of aliphatic imine (C=N–C) groups is 1. The third-order valence-electron chi connectivity index (χ3n) is 4.02. The van der Waals surface area contributed by atoms with Gasteiger partial charge in [-0.2, -0.15) is 0 Å². The molecule has 0 amide bonds. The van der Waals surface area contributed by atoms with Gasteiger partial charge < -0.3 is 15.1 Å². The normalized spacial score (nSPS) is 19.4. The molecular formula is C17H35IN4. The second-order valence-corrected chi connectivity index (χ2v) is 6.14. The fourth-order valence-corrected chi connectivity index (χ4v) is 2.84. The summed E-state index contributed by atoms with van der Waals surface area (Å²) >= 11 is 0. The lowest BCUT2D eigenvalue weighted by Crippen LogP contribution is -2.40. The van der Waals surface area contributed by atoms with Gasteiger partial charge in [0.1, 0.15) is 0 Å². The van der Waals surface area contributed by atoms with Crippen molar-refractivity contribution in [3.05, 3.63) is 12.7 Å². The minimum absolute atomic E-state index is 0. The first kappa shape index (κ1) is 21.7. The predicted octanol–water partition coefficient (Wildman–Crippen LogP) is 3.20. The van der Waals surface area contributed by atoms with Gasteiger partial charge in [0.25, 0.3) is 0 Å². The molecule has 0 saturated carbocycles. The SMILES string of the molecule is C=CCCCN(C)C(=NCCN1CCCC(C)C1)NCC.I. The van der Waals surface area contributed by atoms with Crippen LogP contribution in [0.4, 0.5) is 0 Å². The van der Waals surface area contributed by atoms with Gasteiger partial charge >= 0.3 is 0 Å². The van der Waals surface area contributed by atoms with E-state index < -0.39 is 0 Å². The Morgan fingerprint density at radius 1 is 1.50 bits per heavy atom. The van der Waals surface area contributed by atoms with E-state index >= 15 is 0 Å². The Balaban J connectivity index is 0.00000441. The molecule has 1 aliphatic rings. The average molecular weight is 422 g/mol. The lowest BCUT2D eigenvalue weighted by atomic mass is 10.0. The molecule has 1 rings (SSSR count). The molecule has 0 aromatic carbocycles. The quantitative estimate of drug-likeness (QED) is 0.214. The molecule has 1 aliphatic heterocycles. The number of allylic oxidation sites excluding steroid dienone is 1. The molecule has 22 heavy (non-hydrogen) atoms. The largest absolute Gasteiger partial charge is 0.357 e. The van der Waals surface area contributed by atoms with Crippen molar-refractivity contribution in [3.8, 4) is 0 Å². The maximum atomic E-state index is 4.78. The molecule has 1 heterocycles. The van der Waals surface area contributed by atoms with Gasteiger partial charge in [-0.3, -0.25) is 4.99 Å². The Kier molecular flexibility index (Phi) is 13.0. The lowest BCUT2D eigenvalue weighted by Gasteiger charge is -2.30. The van der Waals surface area contributed by atoms with E-state index in [0.717, 1.165) is 50.9 Å². The summed E-state index contributed by atoms with van der Waals surface area (Å²) in [6.45, 7) is 14.7. The summed E-state index contributed by atoms with van der Waals surface area (Å²) in [5, 5.41) is 3.39. The van der Waals surface area contributed by atoms with Crippen LogP contribution in [-0.2, 0) is 0 Å². The van der Waals surface area contributed by atoms with Crippen molar-refractivity contribution >= 4 is 29.9 Å². The fourth-order valence-electron chi connectivity index (χ4n) is 2.84. The fraction of sp³-hybridized carbons (Fsp3) is 0.824. The van der Waals surface area contributed by atoms with Crippen LogP contribution in [0.25, 0.3) is 0 Å². The molecule has 1 atom stereocenters. The zero-order valence-corrected chi connectivity index (χ0v) is 17.0. The summed E-state index contributed by atoms with van der Waals surface area (Å²) in [4.78, 5) is 9.56. The summed E-state index contributed by atoms with van der Waals surface area (Å²) in [5.74, 6) is 1.88. The number of nitrogens with one attached hydrogen (secondary N) is 1. The smallest absolute Gasteiger partial charge is 0.193 e. The predicted molar refractivity (Wildman–Crippen MR) is 108 cm³/mol. The molecule has 4 nitrogen and oxygen atoms in total. The molecule has 130 valence electrons. The lowest BCUT2D eigenvalue weighted by molar-refractivity contribution is 0.188. The number of hydrogen-bond acceptors (Lipinski definition) is 2. The van der Waals surface area contributed by atoms with Gasteiger partial charge in [0, 0.05) is 33.2 Å². The second-order valence-electron chi connectivity index (χ2n) is 6.14. The minimum atomic E-state index is 0. The Bertz CT molecular complexity index is 320. The van der Waals surface area contributed by atoms with Crippen molar-refractivity contribution in [2.45, 2.75) is 39.5 Å². The van der Waals surface area contributed by atoms with Crippen molar-refractivity contribution < 1.29 is 0 Å². The summed E-state index contributed by atoms with van der Waals surface area (Å²) in [5.41, 5.74) is 0. The summed E-state index contributed by atoms with van der Waals surface area (Å²) in [6.07, 6.45) is 6.90. The average Bonchev–Trinajstić information content (AvgIpc) is 2.46. The molecule has 0 radical (unpaired) electrons. The van der Waals surface area contributed by atoms with Gasteiger partial charge in [-0.15, -0.1) is 30.6 Å². The third kappa shape index (κ3) is 8.98. The first-order valence-electron chi connectivity index (χ1n) is 8.50.